The van der Waals surface area contributed by atoms with Crippen LogP contribution in [0.1, 0.15) is 0 Å². The van der Waals surface area contributed by atoms with E-state index in [-0.39, 0.29) is 0 Å². The van der Waals surface area contributed by atoms with Crippen LogP contribution in [0.3, 0.4) is 0 Å². The van der Waals surface area contributed by atoms with Crippen molar-refractivity contribution in [3.8, 4) is 67.0 Å². The van der Waals surface area contributed by atoms with Gasteiger partial charge in [-0.05, 0) is 90.3 Å². The molecule has 0 aliphatic heterocycles. The van der Waals surface area contributed by atoms with Crippen LogP contribution in [0.5, 0.6) is 0 Å². The monoisotopic (exact) mass is 875 g/mol. The van der Waals surface area contributed by atoms with E-state index in [9.17, 15) is 0 Å². The second-order valence-electron chi connectivity index (χ2n) is 16.9. The molecule has 4 nitrogen and oxygen atoms in total. The zero-order valence-electron chi connectivity index (χ0n) is 36.4. The van der Waals surface area contributed by atoms with Crippen molar-refractivity contribution in [1.29, 1.82) is 0 Å². The molecule has 2 heterocycles. The van der Waals surface area contributed by atoms with E-state index in [1.54, 1.807) is 0 Å². The van der Waals surface area contributed by atoms with Crippen molar-refractivity contribution < 1.29 is 4.57 Å². The fourth-order valence-corrected chi connectivity index (χ4v) is 12.4. The molecule has 0 aliphatic rings. The third-order valence-electron chi connectivity index (χ3n) is 12.9. The maximum atomic E-state index is 15.6. The largest absolute Gasteiger partial charge is 0.309 e. The summed E-state index contributed by atoms with van der Waals surface area (Å²) in [4.78, 5) is 5.18. The van der Waals surface area contributed by atoms with Gasteiger partial charge in [0.1, 0.15) is 0 Å². The van der Waals surface area contributed by atoms with Gasteiger partial charge >= 0.3 is 0 Å². The Labute approximate surface area is 389 Å². The Morgan fingerprint density at radius 2 is 0.731 bits per heavy atom. The fourth-order valence-electron chi connectivity index (χ4n) is 9.75. The molecule has 0 atom stereocenters. The molecule has 2 aromatic heterocycles. The highest BCUT2D eigenvalue weighted by Crippen LogP contribution is 2.47. The van der Waals surface area contributed by atoms with E-state index in [1.165, 1.54) is 5.56 Å². The first-order valence-electron chi connectivity index (χ1n) is 22.6. The van der Waals surface area contributed by atoms with Crippen LogP contribution in [0, 0.1) is 0 Å². The van der Waals surface area contributed by atoms with E-state index in [4.69, 9.17) is 10.1 Å². The summed E-state index contributed by atoms with van der Waals surface area (Å²) in [5.41, 5.74) is 12.7. The first-order valence-corrected chi connectivity index (χ1v) is 24.3. The molecule has 0 saturated heterocycles. The molecular formula is C62H42N3OP. The number of nitrogens with zero attached hydrogens (tertiary/aromatic N) is 3. The standard InChI is InChI=1S/C62H42N3OP/c66-67(51-29-9-3-10-30-51,52-31-11-4-12-32-52)53-33-19-27-48(40-53)60-56-36-15-13-34-54(56)59(55-35-14-16-37-57(55)60)47-26-17-24-45(38-47)46-25-18-28-49(39-46)61-63-62-58(44-22-7-2-8-23-44)41-50(42-65(62)64-61)43-20-5-1-6-21-43/h1-42H. The van der Waals surface area contributed by atoms with E-state index in [0.717, 1.165) is 98.7 Å². The molecule has 0 fully saturated rings. The molecular weight excluding hydrogens is 834 g/mol. The first kappa shape index (κ1) is 40.1. The average Bonchev–Trinajstić information content (AvgIpc) is 3.85. The SMILES string of the molecule is O=P(c1ccccc1)(c1ccccc1)c1cccc(-c2c3ccccc3c(-c3cccc(-c4cccc(-c5nc6c(-c7ccccc7)cc(-c7ccccc7)cn6n5)c4)c3)c3ccccc23)c1. The molecule has 0 aliphatic carbocycles. The van der Waals surface area contributed by atoms with Gasteiger partial charge in [-0.3, -0.25) is 0 Å². The van der Waals surface area contributed by atoms with Gasteiger partial charge in [0.15, 0.2) is 18.6 Å². The molecule has 0 bridgehead atoms. The zero-order chi connectivity index (χ0) is 44.7. The number of hydrogen-bond acceptors (Lipinski definition) is 3. The Morgan fingerprint density at radius 1 is 0.328 bits per heavy atom. The number of benzene rings is 10. The maximum absolute atomic E-state index is 15.6. The summed E-state index contributed by atoms with van der Waals surface area (Å²) < 4.78 is 17.5. The van der Waals surface area contributed by atoms with Gasteiger partial charge in [-0.15, -0.1) is 5.10 Å². The Bertz CT molecular complexity index is 3730. The van der Waals surface area contributed by atoms with Crippen molar-refractivity contribution in [1.82, 2.24) is 14.6 Å². The Morgan fingerprint density at radius 3 is 1.28 bits per heavy atom. The van der Waals surface area contributed by atoms with E-state index in [2.05, 4.69) is 176 Å². The lowest BCUT2D eigenvalue weighted by Crippen LogP contribution is -2.25. The fraction of sp³-hybridized carbons (Fsp3) is 0. The van der Waals surface area contributed by atoms with Crippen molar-refractivity contribution in [2.24, 2.45) is 0 Å². The van der Waals surface area contributed by atoms with E-state index < -0.39 is 7.14 Å². The molecule has 0 unspecified atom stereocenters. The molecule has 10 aromatic carbocycles. The highest BCUT2D eigenvalue weighted by atomic mass is 31.2. The normalized spacial score (nSPS) is 11.6. The van der Waals surface area contributed by atoms with Crippen molar-refractivity contribution >= 4 is 50.2 Å². The first-order chi connectivity index (χ1) is 33.1. The van der Waals surface area contributed by atoms with E-state index in [0.29, 0.717) is 5.82 Å². The summed E-state index contributed by atoms with van der Waals surface area (Å²) in [6.07, 6.45) is 2.07. The number of pyridine rings is 1. The van der Waals surface area contributed by atoms with Crippen LogP contribution >= 0.6 is 7.14 Å². The predicted octanol–water partition coefficient (Wildman–Crippen LogP) is 14.7. The third-order valence-corrected chi connectivity index (χ3v) is 16.0. The molecule has 0 N–H and O–H groups in total. The predicted molar refractivity (Wildman–Crippen MR) is 280 cm³/mol. The quantitative estimate of drug-likeness (QED) is 0.107. The number of fused-ring (bicyclic) bond motifs is 3. The lowest BCUT2D eigenvalue weighted by atomic mass is 9.85. The van der Waals surface area contributed by atoms with Gasteiger partial charge in [-0.25, -0.2) is 9.50 Å². The van der Waals surface area contributed by atoms with Gasteiger partial charge in [-0.2, -0.15) is 0 Å². The van der Waals surface area contributed by atoms with Gasteiger partial charge in [-0.1, -0.05) is 224 Å². The molecule has 5 heteroatoms. The molecule has 12 rings (SSSR count). The Balaban J connectivity index is 0.969. The van der Waals surface area contributed by atoms with Gasteiger partial charge in [0.25, 0.3) is 0 Å². The van der Waals surface area contributed by atoms with Crippen molar-refractivity contribution in [2.45, 2.75) is 0 Å². The maximum Gasteiger partial charge on any atom is 0.182 e. The summed E-state index contributed by atoms with van der Waals surface area (Å²) in [7, 11) is -3.21. The summed E-state index contributed by atoms with van der Waals surface area (Å²) >= 11 is 0. The zero-order valence-corrected chi connectivity index (χ0v) is 37.3. The van der Waals surface area contributed by atoms with Gasteiger partial charge in [0.05, 0.1) is 0 Å². The van der Waals surface area contributed by atoms with Crippen LogP contribution in [0.4, 0.5) is 0 Å². The average molecular weight is 876 g/mol. The summed E-state index contributed by atoms with van der Waals surface area (Å²) in [5.74, 6) is 0.668. The van der Waals surface area contributed by atoms with Crippen LogP contribution in [-0.4, -0.2) is 14.6 Å². The van der Waals surface area contributed by atoms with Gasteiger partial charge in [0, 0.05) is 38.8 Å². The lowest BCUT2D eigenvalue weighted by Gasteiger charge is -2.22. The molecule has 0 spiro atoms. The van der Waals surface area contributed by atoms with Crippen LogP contribution in [0.25, 0.3) is 94.2 Å². The van der Waals surface area contributed by atoms with Crippen molar-refractivity contribution in [3.63, 3.8) is 0 Å². The van der Waals surface area contributed by atoms with Crippen molar-refractivity contribution in [2.75, 3.05) is 0 Å². The summed E-state index contributed by atoms with van der Waals surface area (Å²) in [6.45, 7) is 0. The van der Waals surface area contributed by atoms with Gasteiger partial charge in [0.2, 0.25) is 0 Å². The second kappa shape index (κ2) is 16.8. The molecule has 0 radical (unpaired) electrons. The van der Waals surface area contributed by atoms with Crippen LogP contribution < -0.4 is 15.9 Å². The molecule has 0 amide bonds. The topological polar surface area (TPSA) is 47.3 Å². The minimum atomic E-state index is -3.21. The Kier molecular flexibility index (Phi) is 10.1. The molecule has 0 saturated carbocycles. The highest BCUT2D eigenvalue weighted by molar-refractivity contribution is 7.85. The van der Waals surface area contributed by atoms with E-state index in [1.807, 2.05) is 83.4 Å². The van der Waals surface area contributed by atoms with Crippen LogP contribution in [-0.2, 0) is 4.57 Å². The molecule has 12 aromatic rings. The number of rotatable bonds is 9. The molecule has 316 valence electrons. The summed E-state index contributed by atoms with van der Waals surface area (Å²) in [5, 5.41) is 12.1. The summed E-state index contributed by atoms with van der Waals surface area (Å²) in [6, 6.07) is 86.1. The van der Waals surface area contributed by atoms with Crippen LogP contribution in [0.15, 0.2) is 255 Å². The van der Waals surface area contributed by atoms with E-state index >= 15 is 4.57 Å². The second-order valence-corrected chi connectivity index (χ2v) is 19.7. The highest BCUT2D eigenvalue weighted by Gasteiger charge is 2.30. The van der Waals surface area contributed by atoms with Crippen molar-refractivity contribution in [3.05, 3.63) is 255 Å². The van der Waals surface area contributed by atoms with Gasteiger partial charge < -0.3 is 4.57 Å². The van der Waals surface area contributed by atoms with Crippen LogP contribution in [0.2, 0.25) is 0 Å². The third kappa shape index (κ3) is 7.16. The smallest absolute Gasteiger partial charge is 0.182 e. The molecule has 67 heavy (non-hydrogen) atoms. The minimum Gasteiger partial charge on any atom is -0.309 e. The number of aromatic nitrogens is 3. The lowest BCUT2D eigenvalue weighted by molar-refractivity contribution is 0.592. The minimum absolute atomic E-state index is 0.668. The Hall–Kier alpha value is -8.43. The number of hydrogen-bond donors (Lipinski definition) is 0.